The Morgan fingerprint density at radius 1 is 1.03 bits per heavy atom. The van der Waals surface area contributed by atoms with E-state index in [1.54, 1.807) is 22.4 Å². The number of hydrogen-bond donors (Lipinski definition) is 1. The van der Waals surface area contributed by atoms with Crippen LogP contribution in [0.15, 0.2) is 81.4 Å². The van der Waals surface area contributed by atoms with Crippen molar-refractivity contribution in [1.29, 1.82) is 5.26 Å². The van der Waals surface area contributed by atoms with Gasteiger partial charge in [-0.15, -0.1) is 10.2 Å². The first kappa shape index (κ1) is 21.5. The second kappa shape index (κ2) is 8.65. The molecular weight excluding hydrogens is 460 g/mol. The van der Waals surface area contributed by atoms with Gasteiger partial charge >= 0.3 is 0 Å². The number of nitriles is 1. The second-order valence-corrected chi connectivity index (χ2v) is 9.61. The number of pyridine rings is 1. The quantitative estimate of drug-likeness (QED) is 0.407. The molecule has 1 fully saturated rings. The lowest BCUT2D eigenvalue weighted by molar-refractivity contribution is 0.0675. The van der Waals surface area contributed by atoms with Gasteiger partial charge < -0.3 is 9.72 Å². The lowest BCUT2D eigenvalue weighted by Gasteiger charge is -2.31. The molecule has 1 N–H and O–H groups in total. The molecule has 4 heterocycles. The average molecular weight is 481 g/mol. The molecular formula is C26H20N6O2S. The predicted octanol–water partition coefficient (Wildman–Crippen LogP) is 4.36. The number of benzene rings is 2. The van der Waals surface area contributed by atoms with Crippen molar-refractivity contribution >= 4 is 28.4 Å². The summed E-state index contributed by atoms with van der Waals surface area (Å²) >= 11 is 1.59. The molecule has 0 amide bonds. The molecule has 0 saturated carbocycles. The summed E-state index contributed by atoms with van der Waals surface area (Å²) < 4.78 is 7.23. The van der Waals surface area contributed by atoms with Gasteiger partial charge in [-0.3, -0.25) is 14.2 Å². The summed E-state index contributed by atoms with van der Waals surface area (Å²) in [6, 6.07) is 22.1. The maximum absolute atomic E-state index is 12.7. The third-order valence-electron chi connectivity index (χ3n) is 6.40. The molecule has 0 spiro atoms. The zero-order chi connectivity index (χ0) is 23.8. The number of rotatable bonds is 4. The Labute approximate surface area is 204 Å². The van der Waals surface area contributed by atoms with Gasteiger partial charge in [-0.1, -0.05) is 30.0 Å². The van der Waals surface area contributed by atoms with Crippen LogP contribution in [0.4, 0.5) is 0 Å². The van der Waals surface area contributed by atoms with E-state index in [0.717, 1.165) is 20.9 Å². The zero-order valence-corrected chi connectivity index (χ0v) is 19.5. The standard InChI is InChI=1S/C26H20N6O2S/c27-16-26(9-12-34-13-10-26)17-4-3-5-18(14-17)35-19-7-8-22-21(15-19)29-25(33)24-31-30-23(32(22)24)20-6-1-2-11-28-20/h1-8,11,14-15H,9-10,12-13H2,(H,29,33). The normalized spacial score (nSPS) is 15.3. The molecule has 8 nitrogen and oxygen atoms in total. The van der Waals surface area contributed by atoms with Crippen LogP contribution in [-0.2, 0) is 10.2 Å². The van der Waals surface area contributed by atoms with Crippen LogP contribution in [0.1, 0.15) is 18.4 Å². The summed E-state index contributed by atoms with van der Waals surface area (Å²) in [5, 5.41) is 18.2. The van der Waals surface area contributed by atoms with Crippen LogP contribution >= 0.6 is 11.8 Å². The molecule has 6 rings (SSSR count). The molecule has 0 atom stereocenters. The fourth-order valence-corrected chi connectivity index (χ4v) is 5.47. The molecule has 0 radical (unpaired) electrons. The van der Waals surface area contributed by atoms with Crippen LogP contribution in [0.25, 0.3) is 28.2 Å². The van der Waals surface area contributed by atoms with Gasteiger partial charge in [0.15, 0.2) is 5.82 Å². The number of H-pyrrole nitrogens is 1. The van der Waals surface area contributed by atoms with Gasteiger partial charge in [-0.05, 0) is 60.9 Å². The zero-order valence-electron chi connectivity index (χ0n) is 18.6. The fraction of sp³-hybridized carbons (Fsp3) is 0.192. The van der Waals surface area contributed by atoms with E-state index in [2.05, 4.69) is 32.3 Å². The number of aromatic nitrogens is 5. The van der Waals surface area contributed by atoms with Crippen molar-refractivity contribution < 1.29 is 4.74 Å². The van der Waals surface area contributed by atoms with E-state index in [4.69, 9.17) is 4.74 Å². The third-order valence-corrected chi connectivity index (χ3v) is 7.38. The van der Waals surface area contributed by atoms with Crippen LogP contribution in [0, 0.1) is 11.3 Å². The number of nitrogens with one attached hydrogen (secondary N) is 1. The lowest BCUT2D eigenvalue weighted by Crippen LogP contribution is -2.32. The summed E-state index contributed by atoms with van der Waals surface area (Å²) in [7, 11) is 0. The Hall–Kier alpha value is -4.00. The van der Waals surface area contributed by atoms with Gasteiger partial charge in [-0.2, -0.15) is 5.26 Å². The number of fused-ring (bicyclic) bond motifs is 3. The molecule has 3 aromatic heterocycles. The van der Waals surface area contributed by atoms with Crippen LogP contribution in [0.5, 0.6) is 0 Å². The Bertz CT molecular complexity index is 1650. The monoisotopic (exact) mass is 480 g/mol. The van der Waals surface area contributed by atoms with Crippen molar-refractivity contribution in [3.63, 3.8) is 0 Å². The van der Waals surface area contributed by atoms with Crippen LogP contribution in [0.2, 0.25) is 0 Å². The van der Waals surface area contributed by atoms with Gasteiger partial charge in [0.2, 0.25) is 5.65 Å². The predicted molar refractivity (Wildman–Crippen MR) is 132 cm³/mol. The van der Waals surface area contributed by atoms with Crippen molar-refractivity contribution in [3.05, 3.63) is 82.8 Å². The van der Waals surface area contributed by atoms with Crippen molar-refractivity contribution in [2.24, 2.45) is 0 Å². The minimum atomic E-state index is -0.509. The highest BCUT2D eigenvalue weighted by atomic mass is 32.2. The SMILES string of the molecule is N#CC1(c2cccc(Sc3ccc4c(c3)[nH]c(=O)c3nnc(-c5ccccn5)n34)c2)CCOCC1. The maximum atomic E-state index is 12.7. The first-order chi connectivity index (χ1) is 17.2. The molecule has 172 valence electrons. The highest BCUT2D eigenvalue weighted by molar-refractivity contribution is 7.99. The topological polar surface area (TPSA) is 109 Å². The number of hydrogen-bond acceptors (Lipinski definition) is 7. The highest BCUT2D eigenvalue weighted by Gasteiger charge is 2.34. The molecule has 2 aromatic carbocycles. The fourth-order valence-electron chi connectivity index (χ4n) is 4.55. The van der Waals surface area contributed by atoms with E-state index in [1.807, 2.05) is 54.6 Å². The second-order valence-electron chi connectivity index (χ2n) is 8.47. The van der Waals surface area contributed by atoms with Gasteiger partial charge in [-0.25, -0.2) is 0 Å². The Kier molecular flexibility index (Phi) is 5.32. The van der Waals surface area contributed by atoms with E-state index in [1.165, 1.54) is 0 Å². The molecule has 1 saturated heterocycles. The van der Waals surface area contributed by atoms with Crippen LogP contribution in [0.3, 0.4) is 0 Å². The van der Waals surface area contributed by atoms with E-state index < -0.39 is 5.41 Å². The Morgan fingerprint density at radius 2 is 1.89 bits per heavy atom. The van der Waals surface area contributed by atoms with Crippen molar-refractivity contribution in [2.75, 3.05) is 13.2 Å². The molecule has 1 aliphatic rings. The smallest absolute Gasteiger partial charge is 0.294 e. The van der Waals surface area contributed by atoms with Gasteiger partial charge in [0.05, 0.1) is 22.5 Å². The Morgan fingerprint density at radius 3 is 2.69 bits per heavy atom. The average Bonchev–Trinajstić information content (AvgIpc) is 3.36. The van der Waals surface area contributed by atoms with E-state index in [0.29, 0.717) is 43.1 Å². The molecule has 0 aliphatic carbocycles. The molecule has 9 heteroatoms. The van der Waals surface area contributed by atoms with E-state index in [-0.39, 0.29) is 11.2 Å². The van der Waals surface area contributed by atoms with Crippen LogP contribution < -0.4 is 5.56 Å². The Balaban J connectivity index is 1.39. The minimum absolute atomic E-state index is 0.226. The molecule has 1 aliphatic heterocycles. The first-order valence-electron chi connectivity index (χ1n) is 11.3. The maximum Gasteiger partial charge on any atom is 0.294 e. The van der Waals surface area contributed by atoms with Crippen LogP contribution in [-0.4, -0.2) is 37.8 Å². The van der Waals surface area contributed by atoms with Gasteiger partial charge in [0.25, 0.3) is 5.56 Å². The summed E-state index contributed by atoms with van der Waals surface area (Å²) in [5.41, 5.74) is 2.53. The molecule has 0 unspecified atom stereocenters. The molecule has 5 aromatic rings. The van der Waals surface area contributed by atoms with E-state index in [9.17, 15) is 10.1 Å². The van der Waals surface area contributed by atoms with Gasteiger partial charge in [0, 0.05) is 29.2 Å². The van der Waals surface area contributed by atoms with Crippen molar-refractivity contribution in [1.82, 2.24) is 24.6 Å². The van der Waals surface area contributed by atoms with E-state index >= 15 is 0 Å². The largest absolute Gasteiger partial charge is 0.381 e. The number of nitrogens with zero attached hydrogens (tertiary/aromatic N) is 5. The number of aromatic amines is 1. The van der Waals surface area contributed by atoms with Gasteiger partial charge in [0.1, 0.15) is 5.69 Å². The lowest BCUT2D eigenvalue weighted by atomic mass is 9.75. The minimum Gasteiger partial charge on any atom is -0.381 e. The summed E-state index contributed by atoms with van der Waals surface area (Å²) in [5.74, 6) is 0.517. The van der Waals surface area contributed by atoms with Crippen molar-refractivity contribution in [2.45, 2.75) is 28.0 Å². The first-order valence-corrected chi connectivity index (χ1v) is 12.1. The molecule has 35 heavy (non-hydrogen) atoms. The summed E-state index contributed by atoms with van der Waals surface area (Å²) in [4.78, 5) is 22.1. The third kappa shape index (κ3) is 3.77. The number of ether oxygens (including phenoxy) is 1. The highest BCUT2D eigenvalue weighted by Crippen LogP contribution is 2.37. The molecule has 0 bridgehead atoms. The summed E-state index contributed by atoms with van der Waals surface area (Å²) in [6.07, 6.45) is 3.08. The summed E-state index contributed by atoms with van der Waals surface area (Å²) in [6.45, 7) is 1.20. The van der Waals surface area contributed by atoms with Crippen molar-refractivity contribution in [3.8, 4) is 17.6 Å².